The molecule has 0 unspecified atom stereocenters. The van der Waals surface area contributed by atoms with Crippen molar-refractivity contribution in [3.05, 3.63) is 169 Å². The van der Waals surface area contributed by atoms with Gasteiger partial charge >= 0.3 is 12.4 Å². The smallest absolute Gasteiger partial charge is 0.309 e. The molecule has 2 aromatic heterocycles. The number of benzene rings is 7. The van der Waals surface area contributed by atoms with Crippen LogP contribution in [0.1, 0.15) is 11.1 Å². The minimum absolute atomic E-state index is 0.333. The van der Waals surface area contributed by atoms with E-state index in [1.165, 1.54) is 12.1 Å². The van der Waals surface area contributed by atoms with Crippen LogP contribution in [0.3, 0.4) is 0 Å². The van der Waals surface area contributed by atoms with Crippen LogP contribution in [0.25, 0.3) is 77.2 Å². The molecule has 0 aliphatic carbocycles. The highest BCUT2D eigenvalue weighted by molar-refractivity contribution is 6.11. The van der Waals surface area contributed by atoms with E-state index >= 15 is 0 Å². The molecule has 9 aromatic rings. The Morgan fingerprint density at radius 1 is 0.327 bits per heavy atom. The lowest BCUT2D eigenvalue weighted by Gasteiger charge is -2.18. The van der Waals surface area contributed by atoms with E-state index in [9.17, 15) is 26.3 Å². The molecule has 2 nitrogen and oxygen atoms in total. The molecule has 0 amide bonds. The standard InChI is InChI=1S/C44H26F6N2/c45-43(46,47)29-21-23-41(51-37-13-5-1-9-31(37)32-10-2-6-14-38(32)51)35(25-29)27-17-19-28(20-18-27)36-26-30(44(48,49)50)22-24-42(36)52-39-15-7-3-11-33(39)34-12-4-8-16-40(34)52/h1-26H. The maximum Gasteiger partial charge on any atom is 0.416 e. The fourth-order valence-electron chi connectivity index (χ4n) is 7.47. The van der Waals surface area contributed by atoms with E-state index in [0.717, 1.165) is 67.9 Å². The van der Waals surface area contributed by atoms with E-state index in [4.69, 9.17) is 0 Å². The van der Waals surface area contributed by atoms with Crippen molar-refractivity contribution in [2.75, 3.05) is 0 Å². The van der Waals surface area contributed by atoms with Crippen LogP contribution >= 0.6 is 0 Å². The summed E-state index contributed by atoms with van der Waals surface area (Å²) in [5.74, 6) is 0. The van der Waals surface area contributed by atoms with Gasteiger partial charge in [-0.2, -0.15) is 26.3 Å². The molecule has 0 radical (unpaired) electrons. The molecule has 9 rings (SSSR count). The third-order valence-corrected chi connectivity index (χ3v) is 9.80. The first-order valence-corrected chi connectivity index (χ1v) is 16.6. The Balaban J connectivity index is 1.26. The maximum atomic E-state index is 14.2. The van der Waals surface area contributed by atoms with Crippen LogP contribution in [-0.4, -0.2) is 9.13 Å². The fraction of sp³-hybridized carbons (Fsp3) is 0.0455. The predicted octanol–water partition coefficient (Wildman–Crippen LogP) is 13.3. The summed E-state index contributed by atoms with van der Waals surface area (Å²) in [5, 5.41) is 3.84. The lowest BCUT2D eigenvalue weighted by atomic mass is 9.95. The molecular formula is C44H26F6N2. The van der Waals surface area contributed by atoms with Gasteiger partial charge in [-0.15, -0.1) is 0 Å². The predicted molar refractivity (Wildman–Crippen MR) is 196 cm³/mol. The topological polar surface area (TPSA) is 9.86 Å². The molecule has 0 saturated heterocycles. The van der Waals surface area contributed by atoms with E-state index < -0.39 is 23.5 Å². The second-order valence-corrected chi connectivity index (χ2v) is 12.8. The number of para-hydroxylation sites is 4. The Kier molecular flexibility index (Phi) is 7.09. The van der Waals surface area contributed by atoms with Gasteiger partial charge in [0.25, 0.3) is 0 Å². The van der Waals surface area contributed by atoms with Crippen molar-refractivity contribution >= 4 is 43.6 Å². The highest BCUT2D eigenvalue weighted by atomic mass is 19.4. The number of halogens is 6. The van der Waals surface area contributed by atoms with E-state index in [0.29, 0.717) is 33.6 Å². The molecule has 0 aliphatic rings. The molecule has 0 spiro atoms. The minimum Gasteiger partial charge on any atom is -0.309 e. The number of hydrogen-bond donors (Lipinski definition) is 0. The van der Waals surface area contributed by atoms with Crippen LogP contribution in [0.4, 0.5) is 26.3 Å². The van der Waals surface area contributed by atoms with Gasteiger partial charge in [-0.25, -0.2) is 0 Å². The highest BCUT2D eigenvalue weighted by Crippen LogP contribution is 2.42. The zero-order valence-electron chi connectivity index (χ0n) is 27.2. The summed E-state index contributed by atoms with van der Waals surface area (Å²) >= 11 is 0. The monoisotopic (exact) mass is 696 g/mol. The number of fused-ring (bicyclic) bond motifs is 6. The normalized spacial score (nSPS) is 12.4. The van der Waals surface area contributed by atoms with Gasteiger partial charge in [0.05, 0.1) is 44.6 Å². The zero-order valence-corrected chi connectivity index (χ0v) is 27.2. The molecule has 52 heavy (non-hydrogen) atoms. The summed E-state index contributed by atoms with van der Waals surface area (Å²) in [6.45, 7) is 0. The molecular weight excluding hydrogens is 670 g/mol. The van der Waals surface area contributed by atoms with E-state index in [1.807, 2.05) is 106 Å². The van der Waals surface area contributed by atoms with Gasteiger partial charge in [0, 0.05) is 32.7 Å². The Morgan fingerprint density at radius 2 is 0.615 bits per heavy atom. The molecule has 254 valence electrons. The second kappa shape index (κ2) is 11.6. The van der Waals surface area contributed by atoms with Gasteiger partial charge in [-0.1, -0.05) is 97.1 Å². The molecule has 7 aromatic carbocycles. The molecule has 0 bridgehead atoms. The first-order chi connectivity index (χ1) is 25.1. The van der Waals surface area contributed by atoms with Crippen molar-refractivity contribution < 1.29 is 26.3 Å². The molecule has 0 fully saturated rings. The largest absolute Gasteiger partial charge is 0.416 e. The zero-order chi connectivity index (χ0) is 35.8. The summed E-state index contributed by atoms with van der Waals surface area (Å²) in [6, 6.07) is 45.0. The van der Waals surface area contributed by atoms with Gasteiger partial charge < -0.3 is 9.13 Å². The van der Waals surface area contributed by atoms with Crippen molar-refractivity contribution in [3.8, 4) is 33.6 Å². The Bertz CT molecular complexity index is 2520. The number of alkyl halides is 6. The maximum absolute atomic E-state index is 14.2. The summed E-state index contributed by atoms with van der Waals surface area (Å²) in [6.07, 6.45) is -9.19. The first-order valence-electron chi connectivity index (χ1n) is 16.6. The number of nitrogens with zero attached hydrogens (tertiary/aromatic N) is 2. The Hall–Kier alpha value is -6.28. The van der Waals surface area contributed by atoms with Crippen molar-refractivity contribution in [1.29, 1.82) is 0 Å². The van der Waals surface area contributed by atoms with Crippen molar-refractivity contribution in [3.63, 3.8) is 0 Å². The molecule has 0 N–H and O–H groups in total. The van der Waals surface area contributed by atoms with Crippen LogP contribution in [0.5, 0.6) is 0 Å². The lowest BCUT2D eigenvalue weighted by Crippen LogP contribution is -2.07. The van der Waals surface area contributed by atoms with Gasteiger partial charge in [-0.3, -0.25) is 0 Å². The summed E-state index contributed by atoms with van der Waals surface area (Å²) in [5.41, 5.74) is 4.45. The highest BCUT2D eigenvalue weighted by Gasteiger charge is 2.33. The molecule has 0 saturated carbocycles. The number of hydrogen-bond acceptors (Lipinski definition) is 0. The summed E-state index contributed by atoms with van der Waals surface area (Å²) in [4.78, 5) is 0. The van der Waals surface area contributed by atoms with Crippen LogP contribution in [0, 0.1) is 0 Å². The SMILES string of the molecule is FC(F)(F)c1ccc(-n2c3ccccc3c3ccccc32)c(-c2ccc(-c3cc(C(F)(F)F)ccc3-n3c4ccccc4c4ccccc43)cc2)c1. The number of rotatable bonds is 4. The fourth-order valence-corrected chi connectivity index (χ4v) is 7.47. The van der Waals surface area contributed by atoms with Crippen molar-refractivity contribution in [2.24, 2.45) is 0 Å². The Morgan fingerprint density at radius 3 is 0.904 bits per heavy atom. The van der Waals surface area contributed by atoms with Gasteiger partial charge in [0.1, 0.15) is 0 Å². The average Bonchev–Trinajstić information content (AvgIpc) is 3.67. The van der Waals surface area contributed by atoms with E-state index in [1.54, 1.807) is 24.3 Å². The molecule has 8 heteroatoms. The van der Waals surface area contributed by atoms with Crippen LogP contribution in [-0.2, 0) is 12.4 Å². The summed E-state index contributed by atoms with van der Waals surface area (Å²) < 4.78 is 89.0. The second-order valence-electron chi connectivity index (χ2n) is 12.8. The lowest BCUT2D eigenvalue weighted by molar-refractivity contribution is -0.138. The van der Waals surface area contributed by atoms with Crippen molar-refractivity contribution in [2.45, 2.75) is 12.4 Å². The molecule has 0 atom stereocenters. The molecule has 0 aliphatic heterocycles. The van der Waals surface area contributed by atoms with Gasteiger partial charge in [-0.05, 0) is 71.8 Å². The minimum atomic E-state index is -4.59. The van der Waals surface area contributed by atoms with Crippen LogP contribution in [0.15, 0.2) is 158 Å². The quantitative estimate of drug-likeness (QED) is 0.162. The van der Waals surface area contributed by atoms with E-state index in [-0.39, 0.29) is 0 Å². The molecule has 2 heterocycles. The van der Waals surface area contributed by atoms with Gasteiger partial charge in [0.15, 0.2) is 0 Å². The van der Waals surface area contributed by atoms with Crippen LogP contribution in [0.2, 0.25) is 0 Å². The van der Waals surface area contributed by atoms with Gasteiger partial charge in [0.2, 0.25) is 0 Å². The van der Waals surface area contributed by atoms with Crippen molar-refractivity contribution in [1.82, 2.24) is 9.13 Å². The average molecular weight is 697 g/mol. The summed E-state index contributed by atoms with van der Waals surface area (Å²) in [7, 11) is 0. The third-order valence-electron chi connectivity index (χ3n) is 9.80. The van der Waals surface area contributed by atoms with E-state index in [2.05, 4.69) is 0 Å². The number of aromatic nitrogens is 2. The first kappa shape index (κ1) is 31.7. The van der Waals surface area contributed by atoms with Crippen LogP contribution < -0.4 is 0 Å². The third kappa shape index (κ3) is 5.05. The Labute approximate surface area is 293 Å².